The van der Waals surface area contributed by atoms with Crippen molar-refractivity contribution in [2.75, 3.05) is 23.8 Å². The van der Waals surface area contributed by atoms with Crippen molar-refractivity contribution in [3.05, 3.63) is 23.2 Å². The van der Waals surface area contributed by atoms with E-state index in [-0.39, 0.29) is 0 Å². The molecule has 4 heteroatoms. The molecule has 0 aliphatic carbocycles. The van der Waals surface area contributed by atoms with Crippen molar-refractivity contribution in [1.82, 2.24) is 0 Å². The van der Waals surface area contributed by atoms with Gasteiger partial charge in [0.05, 0.1) is 12.3 Å². The summed E-state index contributed by atoms with van der Waals surface area (Å²) < 4.78 is 5.54. The number of ether oxygens (including phenoxy) is 1. The molecule has 0 aliphatic heterocycles. The average molecular weight is 246 g/mol. The number of nitrogen functional groups attached to an aromatic ring is 1. The van der Waals surface area contributed by atoms with Gasteiger partial charge >= 0.3 is 0 Å². The largest absolute Gasteiger partial charge is 0.491 e. The summed E-state index contributed by atoms with van der Waals surface area (Å²) in [7, 11) is 0. The van der Waals surface area contributed by atoms with Crippen LogP contribution in [0.1, 0.15) is 13.3 Å². The van der Waals surface area contributed by atoms with Gasteiger partial charge in [-0.15, -0.1) is 0 Å². The molecule has 0 atom stereocenters. The number of thioether (sulfide) groups is 1. The van der Waals surface area contributed by atoms with E-state index in [0.29, 0.717) is 23.1 Å². The van der Waals surface area contributed by atoms with E-state index in [0.717, 1.165) is 17.9 Å². The Balaban J connectivity index is 2.33. The maximum atomic E-state index is 5.84. The van der Waals surface area contributed by atoms with Crippen molar-refractivity contribution in [3.8, 4) is 5.75 Å². The van der Waals surface area contributed by atoms with E-state index in [9.17, 15) is 0 Å². The van der Waals surface area contributed by atoms with E-state index >= 15 is 0 Å². The van der Waals surface area contributed by atoms with Crippen LogP contribution >= 0.6 is 23.4 Å². The fourth-order valence-electron chi connectivity index (χ4n) is 1.12. The highest BCUT2D eigenvalue weighted by atomic mass is 35.5. The third-order valence-electron chi connectivity index (χ3n) is 1.87. The predicted molar refractivity (Wildman–Crippen MR) is 69.0 cm³/mol. The van der Waals surface area contributed by atoms with E-state index in [2.05, 4.69) is 6.92 Å². The van der Waals surface area contributed by atoms with Crippen molar-refractivity contribution in [1.29, 1.82) is 0 Å². The molecule has 1 aromatic rings. The van der Waals surface area contributed by atoms with E-state index in [1.165, 1.54) is 0 Å². The van der Waals surface area contributed by atoms with Gasteiger partial charge < -0.3 is 10.5 Å². The molecule has 1 aromatic carbocycles. The van der Waals surface area contributed by atoms with Gasteiger partial charge in [0.15, 0.2) is 0 Å². The van der Waals surface area contributed by atoms with Gasteiger partial charge in [0, 0.05) is 11.1 Å². The molecular formula is C11H16ClNOS. The van der Waals surface area contributed by atoms with Crippen LogP contribution in [0.2, 0.25) is 5.02 Å². The summed E-state index contributed by atoms with van der Waals surface area (Å²) in [5.41, 5.74) is 6.38. The van der Waals surface area contributed by atoms with Crippen LogP contribution in [-0.4, -0.2) is 18.1 Å². The van der Waals surface area contributed by atoms with Gasteiger partial charge in [-0.1, -0.05) is 18.5 Å². The molecule has 2 nitrogen and oxygen atoms in total. The van der Waals surface area contributed by atoms with Gasteiger partial charge in [-0.3, -0.25) is 0 Å². The van der Waals surface area contributed by atoms with Gasteiger partial charge in [-0.25, -0.2) is 0 Å². The zero-order valence-electron chi connectivity index (χ0n) is 8.83. The molecule has 0 aliphatic rings. The Labute approximate surface area is 100 Å². The monoisotopic (exact) mass is 245 g/mol. The summed E-state index contributed by atoms with van der Waals surface area (Å²) in [5.74, 6) is 2.96. The van der Waals surface area contributed by atoms with Crippen molar-refractivity contribution >= 4 is 29.1 Å². The van der Waals surface area contributed by atoms with E-state index in [1.807, 2.05) is 11.8 Å². The first-order valence-corrected chi connectivity index (χ1v) is 6.53. The van der Waals surface area contributed by atoms with Gasteiger partial charge in [0.1, 0.15) is 5.75 Å². The molecule has 15 heavy (non-hydrogen) atoms. The zero-order chi connectivity index (χ0) is 11.1. The lowest BCUT2D eigenvalue weighted by Gasteiger charge is -2.08. The maximum Gasteiger partial charge on any atom is 0.143 e. The molecule has 0 bridgehead atoms. The standard InChI is InChI=1S/C11H16ClNOS/c1-2-15-7-3-6-14-11-8-9(12)4-5-10(11)13/h4-5,8H,2-3,6-7,13H2,1H3. The number of rotatable bonds is 6. The summed E-state index contributed by atoms with van der Waals surface area (Å²) >= 11 is 7.75. The molecule has 0 aromatic heterocycles. The van der Waals surface area contributed by atoms with Gasteiger partial charge in [0.25, 0.3) is 0 Å². The van der Waals surface area contributed by atoms with Crippen LogP contribution in [0, 0.1) is 0 Å². The lowest BCUT2D eigenvalue weighted by Crippen LogP contribution is -2.01. The Bertz CT molecular complexity index is 307. The third kappa shape index (κ3) is 4.67. The Morgan fingerprint density at radius 1 is 1.47 bits per heavy atom. The second-order valence-electron chi connectivity index (χ2n) is 3.08. The van der Waals surface area contributed by atoms with Crippen LogP contribution in [0.25, 0.3) is 0 Å². The van der Waals surface area contributed by atoms with Crippen molar-refractivity contribution in [2.24, 2.45) is 0 Å². The van der Waals surface area contributed by atoms with Crippen molar-refractivity contribution < 1.29 is 4.74 Å². The van der Waals surface area contributed by atoms with Crippen molar-refractivity contribution in [2.45, 2.75) is 13.3 Å². The highest BCUT2D eigenvalue weighted by molar-refractivity contribution is 7.99. The Morgan fingerprint density at radius 2 is 2.27 bits per heavy atom. The molecule has 0 fully saturated rings. The van der Waals surface area contributed by atoms with Gasteiger partial charge in [0.2, 0.25) is 0 Å². The molecule has 0 saturated carbocycles. The first-order chi connectivity index (χ1) is 7.24. The van der Waals surface area contributed by atoms with Crippen LogP contribution in [0.4, 0.5) is 5.69 Å². The fraction of sp³-hybridized carbons (Fsp3) is 0.455. The molecule has 0 unspecified atom stereocenters. The topological polar surface area (TPSA) is 35.2 Å². The SMILES string of the molecule is CCSCCCOc1cc(Cl)ccc1N. The van der Waals surface area contributed by atoms with Crippen LogP contribution in [0.3, 0.4) is 0 Å². The minimum absolute atomic E-state index is 0.641. The molecule has 0 radical (unpaired) electrons. The van der Waals surface area contributed by atoms with Crippen LogP contribution < -0.4 is 10.5 Å². The molecule has 84 valence electrons. The lowest BCUT2D eigenvalue weighted by molar-refractivity contribution is 0.320. The number of hydrogen-bond acceptors (Lipinski definition) is 3. The fourth-order valence-corrected chi connectivity index (χ4v) is 1.89. The summed E-state index contributed by atoms with van der Waals surface area (Å²) in [6, 6.07) is 5.28. The highest BCUT2D eigenvalue weighted by Crippen LogP contribution is 2.25. The first-order valence-electron chi connectivity index (χ1n) is 4.99. The Kier molecular flexibility index (Phi) is 5.73. The number of nitrogens with two attached hydrogens (primary N) is 1. The quantitative estimate of drug-likeness (QED) is 0.616. The zero-order valence-corrected chi connectivity index (χ0v) is 10.4. The smallest absolute Gasteiger partial charge is 0.143 e. The molecule has 0 heterocycles. The van der Waals surface area contributed by atoms with E-state index in [1.54, 1.807) is 18.2 Å². The second kappa shape index (κ2) is 6.85. The minimum atomic E-state index is 0.641. The van der Waals surface area contributed by atoms with Crippen LogP contribution in [0.15, 0.2) is 18.2 Å². The molecular weight excluding hydrogens is 230 g/mol. The van der Waals surface area contributed by atoms with Crippen LogP contribution in [-0.2, 0) is 0 Å². The number of halogens is 1. The molecule has 0 saturated heterocycles. The average Bonchev–Trinajstić information content (AvgIpc) is 2.23. The Morgan fingerprint density at radius 3 is 3.00 bits per heavy atom. The Hall–Kier alpha value is -0.540. The molecule has 1 rings (SSSR count). The molecule has 2 N–H and O–H groups in total. The minimum Gasteiger partial charge on any atom is -0.491 e. The van der Waals surface area contributed by atoms with Crippen LogP contribution in [0.5, 0.6) is 5.75 Å². The summed E-state index contributed by atoms with van der Waals surface area (Å²) in [6.07, 6.45) is 1.03. The lowest BCUT2D eigenvalue weighted by atomic mass is 10.3. The molecule has 0 amide bonds. The van der Waals surface area contributed by atoms with Crippen molar-refractivity contribution in [3.63, 3.8) is 0 Å². The molecule has 0 spiro atoms. The summed E-state index contributed by atoms with van der Waals surface area (Å²) in [4.78, 5) is 0. The normalized spacial score (nSPS) is 10.3. The summed E-state index contributed by atoms with van der Waals surface area (Å²) in [5, 5.41) is 0.655. The van der Waals surface area contributed by atoms with E-state index in [4.69, 9.17) is 22.1 Å². The second-order valence-corrected chi connectivity index (χ2v) is 4.91. The third-order valence-corrected chi connectivity index (χ3v) is 3.09. The highest BCUT2D eigenvalue weighted by Gasteiger charge is 2.00. The predicted octanol–water partition coefficient (Wildman–Crippen LogP) is 3.44. The first kappa shape index (κ1) is 12.5. The van der Waals surface area contributed by atoms with Gasteiger partial charge in [-0.05, 0) is 30.1 Å². The maximum absolute atomic E-state index is 5.84. The number of benzene rings is 1. The van der Waals surface area contributed by atoms with Gasteiger partial charge in [-0.2, -0.15) is 11.8 Å². The number of hydrogen-bond donors (Lipinski definition) is 1. The number of anilines is 1. The van der Waals surface area contributed by atoms with E-state index < -0.39 is 0 Å². The summed E-state index contributed by atoms with van der Waals surface area (Å²) in [6.45, 7) is 2.85.